The second-order valence-electron chi connectivity index (χ2n) is 4.08. The van der Waals surface area contributed by atoms with E-state index in [1.807, 2.05) is 42.5 Å². The first-order valence-electron chi connectivity index (χ1n) is 6.09. The van der Waals surface area contributed by atoms with Crippen molar-refractivity contribution in [1.82, 2.24) is 0 Å². The number of aliphatic carboxylic acids is 1. The number of hydrogen-bond donors (Lipinski definition) is 1. The van der Waals surface area contributed by atoms with Crippen molar-refractivity contribution >= 4 is 12.0 Å². The standard InChI is InChI=1S/C17H18O2/c1-3-4-9-14(2)16(17(18)19)13-8-12-15-10-6-5-7-11-15/h3-12H,1,13H2,2H3,(H,18,19). The molecule has 1 rings (SSSR count). The van der Waals surface area contributed by atoms with E-state index in [-0.39, 0.29) is 0 Å². The van der Waals surface area contributed by atoms with Gasteiger partial charge in [-0.05, 0) is 24.5 Å². The van der Waals surface area contributed by atoms with Crippen molar-refractivity contribution in [3.05, 3.63) is 77.9 Å². The molecule has 1 N–H and O–H groups in total. The zero-order valence-corrected chi connectivity index (χ0v) is 11.0. The van der Waals surface area contributed by atoms with Gasteiger partial charge >= 0.3 is 5.97 Å². The maximum absolute atomic E-state index is 11.2. The molecule has 19 heavy (non-hydrogen) atoms. The van der Waals surface area contributed by atoms with Crippen LogP contribution in [0.2, 0.25) is 0 Å². The first-order chi connectivity index (χ1) is 9.15. The molecule has 0 aliphatic heterocycles. The van der Waals surface area contributed by atoms with Crippen molar-refractivity contribution in [2.24, 2.45) is 0 Å². The molecule has 2 heteroatoms. The molecule has 0 saturated heterocycles. The van der Waals surface area contributed by atoms with Gasteiger partial charge in [0.2, 0.25) is 0 Å². The van der Waals surface area contributed by atoms with Crippen LogP contribution < -0.4 is 0 Å². The summed E-state index contributed by atoms with van der Waals surface area (Å²) in [5.41, 5.74) is 2.20. The summed E-state index contributed by atoms with van der Waals surface area (Å²) in [6, 6.07) is 9.80. The average molecular weight is 254 g/mol. The molecule has 0 radical (unpaired) electrons. The zero-order chi connectivity index (χ0) is 14.1. The molecule has 0 unspecified atom stereocenters. The Bertz CT molecular complexity index is 519. The minimum absolute atomic E-state index is 0.394. The van der Waals surface area contributed by atoms with Gasteiger partial charge in [0.05, 0.1) is 0 Å². The highest BCUT2D eigenvalue weighted by Gasteiger charge is 2.07. The van der Waals surface area contributed by atoms with E-state index in [1.54, 1.807) is 25.2 Å². The first kappa shape index (κ1) is 14.7. The van der Waals surface area contributed by atoms with Crippen LogP contribution in [0.5, 0.6) is 0 Å². The zero-order valence-electron chi connectivity index (χ0n) is 11.0. The lowest BCUT2D eigenvalue weighted by Crippen LogP contribution is -2.01. The minimum Gasteiger partial charge on any atom is -0.478 e. The summed E-state index contributed by atoms with van der Waals surface area (Å²) in [5.74, 6) is -0.885. The van der Waals surface area contributed by atoms with Gasteiger partial charge in [-0.25, -0.2) is 4.79 Å². The lowest BCUT2D eigenvalue weighted by atomic mass is 10.0. The van der Waals surface area contributed by atoms with E-state index in [4.69, 9.17) is 0 Å². The van der Waals surface area contributed by atoms with E-state index >= 15 is 0 Å². The number of carboxylic acid groups (broad SMARTS) is 1. The van der Waals surface area contributed by atoms with Gasteiger partial charge in [0, 0.05) is 5.57 Å². The molecular weight excluding hydrogens is 236 g/mol. The van der Waals surface area contributed by atoms with Crippen LogP contribution in [0.3, 0.4) is 0 Å². The molecule has 0 fully saturated rings. The smallest absolute Gasteiger partial charge is 0.332 e. The molecule has 0 bridgehead atoms. The van der Waals surface area contributed by atoms with Crippen molar-refractivity contribution in [2.45, 2.75) is 13.3 Å². The molecular formula is C17H18O2. The molecule has 0 atom stereocenters. The Hall–Kier alpha value is -2.35. The molecule has 2 nitrogen and oxygen atoms in total. The van der Waals surface area contributed by atoms with Gasteiger partial charge < -0.3 is 5.11 Å². The fourth-order valence-corrected chi connectivity index (χ4v) is 1.61. The molecule has 0 amide bonds. The van der Waals surface area contributed by atoms with Gasteiger partial charge in [-0.2, -0.15) is 0 Å². The Morgan fingerprint density at radius 1 is 1.32 bits per heavy atom. The van der Waals surface area contributed by atoms with Crippen LogP contribution in [0.15, 0.2) is 72.4 Å². The Morgan fingerprint density at radius 2 is 2.00 bits per heavy atom. The summed E-state index contributed by atoms with van der Waals surface area (Å²) >= 11 is 0. The van der Waals surface area contributed by atoms with Gasteiger partial charge in [-0.3, -0.25) is 0 Å². The highest BCUT2D eigenvalue weighted by molar-refractivity contribution is 5.88. The van der Waals surface area contributed by atoms with Crippen molar-refractivity contribution < 1.29 is 9.90 Å². The first-order valence-corrected chi connectivity index (χ1v) is 6.09. The second-order valence-corrected chi connectivity index (χ2v) is 4.08. The number of carbonyl (C=O) groups is 1. The van der Waals surface area contributed by atoms with Crippen LogP contribution in [0.25, 0.3) is 6.08 Å². The summed E-state index contributed by atoms with van der Waals surface area (Å²) in [6.07, 6.45) is 9.31. The summed E-state index contributed by atoms with van der Waals surface area (Å²) < 4.78 is 0. The Balaban J connectivity index is 2.81. The van der Waals surface area contributed by atoms with E-state index in [1.165, 1.54) is 0 Å². The van der Waals surface area contributed by atoms with E-state index in [0.717, 1.165) is 11.1 Å². The molecule has 1 aromatic carbocycles. The summed E-state index contributed by atoms with van der Waals surface area (Å²) in [7, 11) is 0. The van der Waals surface area contributed by atoms with Gasteiger partial charge in [0.15, 0.2) is 0 Å². The summed E-state index contributed by atoms with van der Waals surface area (Å²) in [6.45, 7) is 5.36. The minimum atomic E-state index is -0.885. The highest BCUT2D eigenvalue weighted by Crippen LogP contribution is 2.13. The molecule has 0 heterocycles. The molecule has 98 valence electrons. The van der Waals surface area contributed by atoms with Crippen LogP contribution in [-0.4, -0.2) is 11.1 Å². The van der Waals surface area contributed by atoms with Gasteiger partial charge in [-0.1, -0.05) is 67.3 Å². The normalized spacial score (nSPS) is 12.7. The van der Waals surface area contributed by atoms with Crippen molar-refractivity contribution in [2.75, 3.05) is 0 Å². The third-order valence-electron chi connectivity index (χ3n) is 2.65. The quantitative estimate of drug-likeness (QED) is 0.609. The lowest BCUT2D eigenvalue weighted by Gasteiger charge is -2.01. The maximum Gasteiger partial charge on any atom is 0.332 e. The number of hydrogen-bond acceptors (Lipinski definition) is 1. The largest absolute Gasteiger partial charge is 0.478 e. The van der Waals surface area contributed by atoms with Crippen LogP contribution in [-0.2, 0) is 4.79 Å². The van der Waals surface area contributed by atoms with E-state index in [0.29, 0.717) is 12.0 Å². The molecule has 0 spiro atoms. The maximum atomic E-state index is 11.2. The van der Waals surface area contributed by atoms with Gasteiger partial charge in [0.1, 0.15) is 0 Å². The second kappa shape index (κ2) is 7.88. The van der Waals surface area contributed by atoms with E-state index in [2.05, 4.69) is 6.58 Å². The fraction of sp³-hybridized carbons (Fsp3) is 0.118. The lowest BCUT2D eigenvalue weighted by molar-refractivity contribution is -0.132. The van der Waals surface area contributed by atoms with Crippen LogP contribution in [0.4, 0.5) is 0 Å². The molecule has 0 aromatic heterocycles. The summed E-state index contributed by atoms with van der Waals surface area (Å²) in [5, 5.41) is 9.19. The van der Waals surface area contributed by atoms with Gasteiger partial charge in [0.25, 0.3) is 0 Å². The molecule has 0 aliphatic carbocycles. The van der Waals surface area contributed by atoms with Crippen molar-refractivity contribution in [3.63, 3.8) is 0 Å². The highest BCUT2D eigenvalue weighted by atomic mass is 16.4. The topological polar surface area (TPSA) is 37.3 Å². The Morgan fingerprint density at radius 3 is 2.58 bits per heavy atom. The predicted octanol–water partition coefficient (Wildman–Crippen LogP) is 4.23. The number of rotatable bonds is 6. The van der Waals surface area contributed by atoms with Crippen LogP contribution in [0, 0.1) is 0 Å². The molecule has 1 aromatic rings. The van der Waals surface area contributed by atoms with Crippen molar-refractivity contribution in [1.29, 1.82) is 0 Å². The fourth-order valence-electron chi connectivity index (χ4n) is 1.61. The monoisotopic (exact) mass is 254 g/mol. The Labute approximate surface area is 114 Å². The van der Waals surface area contributed by atoms with Crippen molar-refractivity contribution in [3.8, 4) is 0 Å². The summed E-state index contributed by atoms with van der Waals surface area (Å²) in [4.78, 5) is 11.2. The van der Waals surface area contributed by atoms with E-state index in [9.17, 15) is 9.90 Å². The SMILES string of the molecule is C=CC=CC(C)=C(CC=Cc1ccccc1)C(=O)O. The third-order valence-corrected chi connectivity index (χ3v) is 2.65. The van der Waals surface area contributed by atoms with Gasteiger partial charge in [-0.15, -0.1) is 0 Å². The van der Waals surface area contributed by atoms with Crippen LogP contribution in [0.1, 0.15) is 18.9 Å². The Kier molecular flexibility index (Phi) is 6.10. The van der Waals surface area contributed by atoms with Crippen LogP contribution >= 0.6 is 0 Å². The molecule has 0 saturated carbocycles. The predicted molar refractivity (Wildman–Crippen MR) is 79.8 cm³/mol. The third kappa shape index (κ3) is 5.21. The number of benzene rings is 1. The number of allylic oxidation sites excluding steroid dienone is 5. The van der Waals surface area contributed by atoms with E-state index < -0.39 is 5.97 Å². The average Bonchev–Trinajstić information content (AvgIpc) is 2.41. The number of carboxylic acids is 1. The molecule has 0 aliphatic rings.